The van der Waals surface area contributed by atoms with E-state index in [-0.39, 0.29) is 0 Å². The number of benzene rings is 2. The molecule has 0 N–H and O–H groups in total. The number of sulfone groups is 1. The van der Waals surface area contributed by atoms with Gasteiger partial charge in [-0.1, -0.05) is 60.3 Å². The van der Waals surface area contributed by atoms with Crippen LogP contribution in [0.4, 0.5) is 0 Å². The van der Waals surface area contributed by atoms with E-state index in [1.165, 1.54) is 11.5 Å². The SMILES string of the molecule is O=S(=O)(C=CC=CSc1ccccc1)c1ccccc1. The predicted molar refractivity (Wildman–Crippen MR) is 84.2 cm³/mol. The zero-order valence-corrected chi connectivity index (χ0v) is 12.3. The van der Waals surface area contributed by atoms with Crippen molar-refractivity contribution in [3.8, 4) is 0 Å². The minimum atomic E-state index is -3.35. The monoisotopic (exact) mass is 302 g/mol. The fraction of sp³-hybridized carbons (Fsp3) is 0. The van der Waals surface area contributed by atoms with E-state index in [1.807, 2.05) is 35.7 Å². The Labute approximate surface area is 123 Å². The van der Waals surface area contributed by atoms with Gasteiger partial charge < -0.3 is 0 Å². The molecule has 4 heteroatoms. The van der Waals surface area contributed by atoms with Gasteiger partial charge >= 0.3 is 0 Å². The van der Waals surface area contributed by atoms with Crippen molar-refractivity contribution >= 4 is 21.6 Å². The van der Waals surface area contributed by atoms with Gasteiger partial charge in [-0.2, -0.15) is 0 Å². The summed E-state index contributed by atoms with van der Waals surface area (Å²) in [6, 6.07) is 18.3. The second-order valence-electron chi connectivity index (χ2n) is 3.95. The molecule has 0 amide bonds. The molecule has 0 heterocycles. The van der Waals surface area contributed by atoms with Crippen LogP contribution in [-0.4, -0.2) is 8.42 Å². The summed E-state index contributed by atoms with van der Waals surface area (Å²) in [5.41, 5.74) is 0. The van der Waals surface area contributed by atoms with Crippen LogP contribution >= 0.6 is 11.8 Å². The first-order valence-corrected chi connectivity index (χ1v) is 8.46. The van der Waals surface area contributed by atoms with Crippen molar-refractivity contribution in [2.75, 3.05) is 0 Å². The number of rotatable bonds is 5. The van der Waals surface area contributed by atoms with Gasteiger partial charge in [0.15, 0.2) is 9.84 Å². The molecule has 0 radical (unpaired) electrons. The zero-order chi connectivity index (χ0) is 14.3. The summed E-state index contributed by atoms with van der Waals surface area (Å²) < 4.78 is 23.9. The minimum Gasteiger partial charge on any atom is -0.219 e. The van der Waals surface area contributed by atoms with Crippen LogP contribution < -0.4 is 0 Å². The van der Waals surface area contributed by atoms with Gasteiger partial charge in [-0.25, -0.2) is 8.42 Å². The Balaban J connectivity index is 1.97. The van der Waals surface area contributed by atoms with Crippen LogP contribution in [0.2, 0.25) is 0 Å². The van der Waals surface area contributed by atoms with Gasteiger partial charge in [0, 0.05) is 10.3 Å². The Bertz CT molecular complexity index is 688. The first-order chi connectivity index (χ1) is 9.68. The maximum Gasteiger partial charge on any atom is 0.199 e. The largest absolute Gasteiger partial charge is 0.219 e. The number of hydrogen-bond acceptors (Lipinski definition) is 3. The van der Waals surface area contributed by atoms with Crippen LogP contribution in [0.1, 0.15) is 0 Å². The van der Waals surface area contributed by atoms with Gasteiger partial charge in [0.25, 0.3) is 0 Å². The van der Waals surface area contributed by atoms with Crippen LogP contribution in [0.3, 0.4) is 0 Å². The molecular weight excluding hydrogens is 288 g/mol. The van der Waals surface area contributed by atoms with Crippen LogP contribution in [0, 0.1) is 0 Å². The summed E-state index contributed by atoms with van der Waals surface area (Å²) in [6.45, 7) is 0. The lowest BCUT2D eigenvalue weighted by molar-refractivity contribution is 0.604. The van der Waals surface area contributed by atoms with E-state index in [2.05, 4.69) is 0 Å². The standard InChI is InChI=1S/C16H14O2S2/c17-20(18,16-11-5-2-6-12-16)14-8-7-13-19-15-9-3-1-4-10-15/h1-14H. The third-order valence-corrected chi connectivity index (χ3v) is 4.75. The van der Waals surface area contributed by atoms with E-state index in [0.29, 0.717) is 4.90 Å². The molecular formula is C16H14O2S2. The number of hydrogen-bond donors (Lipinski definition) is 0. The molecule has 20 heavy (non-hydrogen) atoms. The van der Waals surface area contributed by atoms with Crippen molar-refractivity contribution in [2.24, 2.45) is 0 Å². The van der Waals surface area contributed by atoms with E-state index >= 15 is 0 Å². The van der Waals surface area contributed by atoms with Gasteiger partial charge in [0.05, 0.1) is 4.90 Å². The Morgan fingerprint density at radius 3 is 2.05 bits per heavy atom. The van der Waals surface area contributed by atoms with Crippen LogP contribution in [0.5, 0.6) is 0 Å². The van der Waals surface area contributed by atoms with Gasteiger partial charge in [-0.15, -0.1) is 0 Å². The third kappa shape index (κ3) is 4.40. The summed E-state index contributed by atoms with van der Waals surface area (Å²) in [4.78, 5) is 1.42. The lowest BCUT2D eigenvalue weighted by Crippen LogP contribution is -1.94. The summed E-state index contributed by atoms with van der Waals surface area (Å²) in [7, 11) is -3.35. The van der Waals surface area contributed by atoms with Gasteiger partial charge in [0.1, 0.15) is 0 Å². The maximum absolute atomic E-state index is 11.9. The van der Waals surface area contributed by atoms with Gasteiger partial charge in [-0.3, -0.25) is 0 Å². The fourth-order valence-electron chi connectivity index (χ4n) is 1.50. The molecule has 0 aliphatic carbocycles. The average Bonchev–Trinajstić information content (AvgIpc) is 2.49. The maximum atomic E-state index is 11.9. The van der Waals surface area contributed by atoms with Crippen LogP contribution in [-0.2, 0) is 9.84 Å². The molecule has 2 nitrogen and oxygen atoms in total. The lowest BCUT2D eigenvalue weighted by Gasteiger charge is -1.96. The van der Waals surface area contributed by atoms with E-state index in [9.17, 15) is 8.42 Å². The van der Waals surface area contributed by atoms with E-state index < -0.39 is 9.84 Å². The summed E-state index contributed by atoms with van der Waals surface area (Å²) >= 11 is 1.54. The molecule has 0 aliphatic rings. The number of allylic oxidation sites excluding steroid dienone is 2. The second-order valence-corrected chi connectivity index (χ2v) is 6.76. The Kier molecular flexibility index (Phi) is 5.21. The molecule has 0 unspecified atom stereocenters. The smallest absolute Gasteiger partial charge is 0.199 e. The molecule has 2 aromatic carbocycles. The van der Waals surface area contributed by atoms with E-state index in [4.69, 9.17) is 0 Å². The summed E-state index contributed by atoms with van der Waals surface area (Å²) in [5, 5.41) is 3.07. The first kappa shape index (κ1) is 14.6. The molecule has 0 fully saturated rings. The second kappa shape index (κ2) is 7.12. The Morgan fingerprint density at radius 2 is 1.40 bits per heavy atom. The van der Waals surface area contributed by atoms with Crippen molar-refractivity contribution in [1.29, 1.82) is 0 Å². The van der Waals surface area contributed by atoms with Crippen molar-refractivity contribution in [3.05, 3.63) is 83.6 Å². The summed E-state index contributed by atoms with van der Waals surface area (Å²) in [6.07, 6.45) is 3.26. The molecule has 0 aliphatic heterocycles. The Morgan fingerprint density at radius 1 is 0.800 bits per heavy atom. The molecule has 0 bridgehead atoms. The van der Waals surface area contributed by atoms with Gasteiger partial charge in [0.2, 0.25) is 0 Å². The normalized spacial score (nSPS) is 12.2. The van der Waals surface area contributed by atoms with Crippen molar-refractivity contribution in [1.82, 2.24) is 0 Å². The quantitative estimate of drug-likeness (QED) is 0.610. The predicted octanol–water partition coefficient (Wildman–Crippen LogP) is 4.28. The highest BCUT2D eigenvalue weighted by molar-refractivity contribution is 8.02. The third-order valence-electron chi connectivity index (χ3n) is 2.47. The lowest BCUT2D eigenvalue weighted by atomic mass is 10.4. The molecule has 0 atom stereocenters. The van der Waals surface area contributed by atoms with E-state index in [1.54, 1.807) is 48.2 Å². The molecule has 0 spiro atoms. The van der Waals surface area contributed by atoms with Crippen LogP contribution in [0.15, 0.2) is 93.4 Å². The first-order valence-electron chi connectivity index (χ1n) is 6.03. The average molecular weight is 302 g/mol. The van der Waals surface area contributed by atoms with Crippen molar-refractivity contribution in [2.45, 2.75) is 9.79 Å². The topological polar surface area (TPSA) is 34.1 Å². The zero-order valence-electron chi connectivity index (χ0n) is 10.7. The molecule has 0 aromatic heterocycles. The molecule has 102 valence electrons. The van der Waals surface area contributed by atoms with Crippen LogP contribution in [0.25, 0.3) is 0 Å². The number of thioether (sulfide) groups is 1. The molecule has 2 aromatic rings. The van der Waals surface area contributed by atoms with Gasteiger partial charge in [-0.05, 0) is 29.7 Å². The molecule has 0 saturated carbocycles. The highest BCUT2D eigenvalue weighted by atomic mass is 32.2. The molecule has 0 saturated heterocycles. The van der Waals surface area contributed by atoms with E-state index in [0.717, 1.165) is 4.90 Å². The summed E-state index contributed by atoms with van der Waals surface area (Å²) in [5.74, 6) is 0. The highest BCUT2D eigenvalue weighted by Crippen LogP contribution is 2.18. The Hall–Kier alpha value is -1.78. The van der Waals surface area contributed by atoms with Crippen molar-refractivity contribution in [3.63, 3.8) is 0 Å². The minimum absolute atomic E-state index is 0.306. The van der Waals surface area contributed by atoms with Crippen molar-refractivity contribution < 1.29 is 8.42 Å². The fourth-order valence-corrected chi connectivity index (χ4v) is 3.13. The molecule has 2 rings (SSSR count). The highest BCUT2D eigenvalue weighted by Gasteiger charge is 2.07.